The lowest BCUT2D eigenvalue weighted by molar-refractivity contribution is -0.125. The van der Waals surface area contributed by atoms with E-state index in [2.05, 4.69) is 38.8 Å². The Labute approximate surface area is 128 Å². The summed E-state index contributed by atoms with van der Waals surface area (Å²) in [5, 5.41) is 9.68. The van der Waals surface area contributed by atoms with E-state index in [-0.39, 0.29) is 11.8 Å². The molecule has 1 aliphatic heterocycles. The first-order valence-electron chi connectivity index (χ1n) is 7.15. The molecule has 1 fully saturated rings. The topological polar surface area (TPSA) is 53.2 Å². The highest BCUT2D eigenvalue weighted by molar-refractivity contribution is 9.10. The molecular formula is C15H22BrN3O. The minimum absolute atomic E-state index is 0.164. The number of halogens is 1. The smallest absolute Gasteiger partial charge is 0.223 e. The Bertz CT molecular complexity index is 452. The van der Waals surface area contributed by atoms with Gasteiger partial charge < -0.3 is 16.0 Å². The van der Waals surface area contributed by atoms with E-state index in [4.69, 9.17) is 0 Å². The van der Waals surface area contributed by atoms with E-state index in [1.165, 1.54) is 0 Å². The predicted octanol–water partition coefficient (Wildman–Crippen LogP) is 2.37. The Morgan fingerprint density at radius 2 is 2.30 bits per heavy atom. The summed E-state index contributed by atoms with van der Waals surface area (Å²) >= 11 is 3.44. The van der Waals surface area contributed by atoms with Crippen LogP contribution in [0.15, 0.2) is 28.7 Å². The largest absolute Gasteiger partial charge is 0.383 e. The average Bonchev–Trinajstić information content (AvgIpc) is 2.43. The normalized spacial score (nSPS) is 22.3. The van der Waals surface area contributed by atoms with Gasteiger partial charge in [0.25, 0.3) is 0 Å². The highest BCUT2D eigenvalue weighted by Gasteiger charge is 2.24. The summed E-state index contributed by atoms with van der Waals surface area (Å²) in [5.74, 6) is 0.353. The highest BCUT2D eigenvalue weighted by atomic mass is 79.9. The molecule has 5 heteroatoms. The molecule has 2 rings (SSSR count). The van der Waals surface area contributed by atoms with Crippen molar-refractivity contribution in [2.24, 2.45) is 5.92 Å². The number of anilines is 1. The van der Waals surface area contributed by atoms with Crippen molar-refractivity contribution < 1.29 is 4.79 Å². The van der Waals surface area contributed by atoms with Crippen molar-refractivity contribution in [2.45, 2.75) is 25.8 Å². The standard InChI is InChI=1S/C15H22BrN3O/c1-11-9-12(5-6-17-11)15(20)19-8-7-18-14-4-2-3-13(16)10-14/h2-4,10-12,17-18H,5-9H2,1H3,(H,19,20)/t11-,12-/m0/s1. The summed E-state index contributed by atoms with van der Waals surface area (Å²) in [6, 6.07) is 8.46. The van der Waals surface area contributed by atoms with Gasteiger partial charge in [-0.1, -0.05) is 22.0 Å². The summed E-state index contributed by atoms with van der Waals surface area (Å²) in [6.07, 6.45) is 1.88. The zero-order valence-electron chi connectivity index (χ0n) is 11.8. The number of amides is 1. The second kappa shape index (κ2) is 7.64. The first kappa shape index (κ1) is 15.3. The maximum atomic E-state index is 12.0. The quantitative estimate of drug-likeness (QED) is 0.722. The van der Waals surface area contributed by atoms with E-state index in [1.54, 1.807) is 0 Å². The van der Waals surface area contributed by atoms with Crippen LogP contribution in [0.3, 0.4) is 0 Å². The van der Waals surface area contributed by atoms with Crippen molar-refractivity contribution in [1.29, 1.82) is 0 Å². The molecule has 20 heavy (non-hydrogen) atoms. The molecule has 3 N–H and O–H groups in total. The molecule has 1 aromatic rings. The molecule has 4 nitrogen and oxygen atoms in total. The lowest BCUT2D eigenvalue weighted by Crippen LogP contribution is -2.43. The lowest BCUT2D eigenvalue weighted by Gasteiger charge is -2.27. The summed E-state index contributed by atoms with van der Waals surface area (Å²) in [4.78, 5) is 12.0. The SMILES string of the molecule is C[C@H]1C[C@@H](C(=O)NCCNc2cccc(Br)c2)CCN1. The summed E-state index contributed by atoms with van der Waals surface area (Å²) < 4.78 is 1.05. The van der Waals surface area contributed by atoms with E-state index in [0.29, 0.717) is 12.6 Å². The maximum Gasteiger partial charge on any atom is 0.223 e. The van der Waals surface area contributed by atoms with Crippen LogP contribution in [-0.4, -0.2) is 31.6 Å². The van der Waals surface area contributed by atoms with Crippen LogP contribution in [0, 0.1) is 5.92 Å². The van der Waals surface area contributed by atoms with Gasteiger partial charge >= 0.3 is 0 Å². The molecule has 0 bridgehead atoms. The Kier molecular flexibility index (Phi) is 5.86. The van der Waals surface area contributed by atoms with Crippen LogP contribution in [0.4, 0.5) is 5.69 Å². The first-order chi connectivity index (χ1) is 9.65. The maximum absolute atomic E-state index is 12.0. The molecule has 2 atom stereocenters. The van der Waals surface area contributed by atoms with E-state index in [1.807, 2.05) is 24.3 Å². The lowest BCUT2D eigenvalue weighted by atomic mass is 9.92. The van der Waals surface area contributed by atoms with Crippen LogP contribution in [0.25, 0.3) is 0 Å². The van der Waals surface area contributed by atoms with Gasteiger partial charge in [-0.2, -0.15) is 0 Å². The number of rotatable bonds is 5. The molecule has 110 valence electrons. The van der Waals surface area contributed by atoms with Gasteiger partial charge in [0, 0.05) is 35.2 Å². The minimum Gasteiger partial charge on any atom is -0.383 e. The Morgan fingerprint density at radius 3 is 3.05 bits per heavy atom. The number of carbonyl (C=O) groups excluding carboxylic acids is 1. The van der Waals surface area contributed by atoms with Crippen LogP contribution < -0.4 is 16.0 Å². The van der Waals surface area contributed by atoms with Crippen molar-refractivity contribution in [1.82, 2.24) is 10.6 Å². The molecule has 0 aromatic heterocycles. The number of benzene rings is 1. The van der Waals surface area contributed by atoms with Gasteiger partial charge in [0.15, 0.2) is 0 Å². The van der Waals surface area contributed by atoms with Crippen molar-refractivity contribution in [3.05, 3.63) is 28.7 Å². The number of carbonyl (C=O) groups is 1. The molecule has 0 unspecified atom stereocenters. The van der Waals surface area contributed by atoms with Gasteiger partial charge in [-0.15, -0.1) is 0 Å². The van der Waals surface area contributed by atoms with E-state index < -0.39 is 0 Å². The van der Waals surface area contributed by atoms with Gasteiger partial charge in [-0.3, -0.25) is 4.79 Å². The number of piperidine rings is 1. The summed E-state index contributed by atoms with van der Waals surface area (Å²) in [5.41, 5.74) is 1.06. The zero-order valence-corrected chi connectivity index (χ0v) is 13.4. The van der Waals surface area contributed by atoms with Gasteiger partial charge in [0.2, 0.25) is 5.91 Å². The average molecular weight is 340 g/mol. The van der Waals surface area contributed by atoms with Crippen LogP contribution in [0.5, 0.6) is 0 Å². The third-order valence-corrected chi connectivity index (χ3v) is 4.07. The molecular weight excluding hydrogens is 318 g/mol. The second-order valence-electron chi connectivity index (χ2n) is 5.30. The van der Waals surface area contributed by atoms with Gasteiger partial charge in [-0.05, 0) is 44.5 Å². The van der Waals surface area contributed by atoms with Crippen molar-refractivity contribution in [2.75, 3.05) is 25.0 Å². The molecule has 0 spiro atoms. The Morgan fingerprint density at radius 1 is 1.45 bits per heavy atom. The van der Waals surface area contributed by atoms with Crippen LogP contribution >= 0.6 is 15.9 Å². The number of hydrogen-bond donors (Lipinski definition) is 3. The van der Waals surface area contributed by atoms with Crippen molar-refractivity contribution >= 4 is 27.5 Å². The monoisotopic (exact) mass is 339 g/mol. The molecule has 1 aromatic carbocycles. The fraction of sp³-hybridized carbons (Fsp3) is 0.533. The third-order valence-electron chi connectivity index (χ3n) is 3.57. The Balaban J connectivity index is 1.66. The molecule has 1 heterocycles. The number of hydrogen-bond acceptors (Lipinski definition) is 3. The number of nitrogens with one attached hydrogen (secondary N) is 3. The molecule has 1 aliphatic rings. The van der Waals surface area contributed by atoms with E-state index in [0.717, 1.165) is 36.1 Å². The first-order valence-corrected chi connectivity index (χ1v) is 7.95. The van der Waals surface area contributed by atoms with Crippen LogP contribution in [-0.2, 0) is 4.79 Å². The Hall–Kier alpha value is -1.07. The van der Waals surface area contributed by atoms with Gasteiger partial charge in [0.1, 0.15) is 0 Å². The molecule has 1 saturated heterocycles. The van der Waals surface area contributed by atoms with Crippen molar-refractivity contribution in [3.63, 3.8) is 0 Å². The van der Waals surface area contributed by atoms with Crippen LogP contribution in [0.1, 0.15) is 19.8 Å². The molecule has 1 amide bonds. The predicted molar refractivity (Wildman–Crippen MR) is 85.8 cm³/mol. The second-order valence-corrected chi connectivity index (χ2v) is 6.22. The fourth-order valence-corrected chi connectivity index (χ4v) is 2.90. The van der Waals surface area contributed by atoms with E-state index in [9.17, 15) is 4.79 Å². The fourth-order valence-electron chi connectivity index (χ4n) is 2.51. The highest BCUT2D eigenvalue weighted by Crippen LogP contribution is 2.16. The zero-order chi connectivity index (χ0) is 14.4. The summed E-state index contributed by atoms with van der Waals surface area (Å²) in [7, 11) is 0. The molecule has 0 aliphatic carbocycles. The van der Waals surface area contributed by atoms with Gasteiger partial charge in [-0.25, -0.2) is 0 Å². The van der Waals surface area contributed by atoms with Crippen molar-refractivity contribution in [3.8, 4) is 0 Å². The molecule has 0 radical (unpaired) electrons. The third kappa shape index (κ3) is 4.80. The van der Waals surface area contributed by atoms with Crippen LogP contribution in [0.2, 0.25) is 0 Å². The van der Waals surface area contributed by atoms with Gasteiger partial charge in [0.05, 0.1) is 0 Å². The van der Waals surface area contributed by atoms with E-state index >= 15 is 0 Å². The minimum atomic E-state index is 0.164. The summed E-state index contributed by atoms with van der Waals surface area (Å²) in [6.45, 7) is 4.47. The molecule has 0 saturated carbocycles.